The molecule has 5 nitrogen and oxygen atoms in total. The summed E-state index contributed by atoms with van der Waals surface area (Å²) in [4.78, 5) is 11.1. The van der Waals surface area contributed by atoms with Gasteiger partial charge in [0.2, 0.25) is 5.95 Å². The summed E-state index contributed by atoms with van der Waals surface area (Å²) >= 11 is 0. The summed E-state index contributed by atoms with van der Waals surface area (Å²) in [6, 6.07) is 58.8. The molecule has 2 aliphatic rings. The van der Waals surface area contributed by atoms with Crippen molar-refractivity contribution in [3.05, 3.63) is 188 Å². The third-order valence-corrected chi connectivity index (χ3v) is 13.2. The summed E-state index contributed by atoms with van der Waals surface area (Å²) in [5.41, 5.74) is 12.8. The fourth-order valence-electron chi connectivity index (χ4n) is 10.4. The first kappa shape index (κ1) is 32.2. The van der Waals surface area contributed by atoms with Gasteiger partial charge in [0.25, 0.3) is 0 Å². The molecular weight excluding hydrogens is 733 g/mol. The lowest BCUT2D eigenvalue weighted by molar-refractivity contribution is 0.669. The maximum atomic E-state index is 6.55. The second-order valence-electron chi connectivity index (χ2n) is 16.5. The molecule has 60 heavy (non-hydrogen) atoms. The highest BCUT2D eigenvalue weighted by molar-refractivity contribution is 6.31. The van der Waals surface area contributed by atoms with E-state index in [1.165, 1.54) is 39.1 Å². The van der Waals surface area contributed by atoms with Crippen molar-refractivity contribution in [1.82, 2.24) is 19.1 Å². The lowest BCUT2D eigenvalue weighted by Gasteiger charge is -2.15. The van der Waals surface area contributed by atoms with Crippen molar-refractivity contribution in [3.8, 4) is 22.9 Å². The van der Waals surface area contributed by atoms with Crippen LogP contribution in [0.2, 0.25) is 0 Å². The van der Waals surface area contributed by atoms with Gasteiger partial charge in [-0.2, -0.15) is 0 Å². The van der Waals surface area contributed by atoms with Crippen LogP contribution in [0.3, 0.4) is 0 Å². The molecule has 0 spiro atoms. The molecule has 4 heterocycles. The number of aromatic nitrogens is 4. The van der Waals surface area contributed by atoms with E-state index in [0.29, 0.717) is 17.8 Å². The van der Waals surface area contributed by atoms with Crippen LogP contribution in [0.1, 0.15) is 12.0 Å². The number of fused-ring (bicyclic) bond motifs is 14. The average Bonchev–Trinajstić information content (AvgIpc) is 3.75. The summed E-state index contributed by atoms with van der Waals surface area (Å²) in [5, 5.41) is 10.2. The van der Waals surface area contributed by atoms with Crippen LogP contribution in [0.5, 0.6) is 0 Å². The third-order valence-electron chi connectivity index (χ3n) is 13.2. The number of hydrogen-bond acceptors (Lipinski definition) is 3. The molecule has 0 N–H and O–H groups in total. The predicted molar refractivity (Wildman–Crippen MR) is 247 cm³/mol. The van der Waals surface area contributed by atoms with E-state index in [1.807, 2.05) is 6.07 Å². The quantitative estimate of drug-likeness (QED) is 0.179. The first-order chi connectivity index (χ1) is 29.8. The number of para-hydroxylation sites is 3. The van der Waals surface area contributed by atoms with Gasteiger partial charge in [-0.3, -0.25) is 4.57 Å². The number of furan rings is 1. The molecule has 1 fully saturated rings. The largest absolute Gasteiger partial charge is 0.456 e. The van der Waals surface area contributed by atoms with Gasteiger partial charge in [0.05, 0.1) is 39.0 Å². The van der Waals surface area contributed by atoms with Gasteiger partial charge in [-0.05, 0) is 71.2 Å². The van der Waals surface area contributed by atoms with Crippen molar-refractivity contribution in [3.63, 3.8) is 0 Å². The van der Waals surface area contributed by atoms with Gasteiger partial charge in [-0.15, -0.1) is 0 Å². The van der Waals surface area contributed by atoms with Gasteiger partial charge in [0.15, 0.2) is 0 Å². The Hall–Kier alpha value is -7.76. The van der Waals surface area contributed by atoms with Crippen molar-refractivity contribution >= 4 is 92.8 Å². The molecule has 0 saturated heterocycles. The van der Waals surface area contributed by atoms with Crippen LogP contribution < -0.4 is 0 Å². The van der Waals surface area contributed by atoms with E-state index in [0.717, 1.165) is 82.6 Å². The second kappa shape index (κ2) is 11.9. The van der Waals surface area contributed by atoms with Crippen LogP contribution in [0.25, 0.3) is 116 Å². The van der Waals surface area contributed by atoms with Crippen LogP contribution in [0, 0.1) is 11.8 Å². The minimum absolute atomic E-state index is 0.628. The molecular formula is C55H34N4O. The normalized spacial score (nSPS) is 16.3. The molecule has 12 aromatic rings. The fourth-order valence-corrected chi connectivity index (χ4v) is 10.4. The van der Waals surface area contributed by atoms with Crippen molar-refractivity contribution in [2.75, 3.05) is 0 Å². The Kier molecular flexibility index (Phi) is 6.39. The minimum atomic E-state index is 0.628. The third kappa shape index (κ3) is 4.41. The molecule has 4 aromatic heterocycles. The highest BCUT2D eigenvalue weighted by atomic mass is 16.3. The van der Waals surface area contributed by atoms with Crippen LogP contribution in [0.15, 0.2) is 186 Å². The first-order valence-electron chi connectivity index (χ1n) is 20.8. The van der Waals surface area contributed by atoms with E-state index < -0.39 is 0 Å². The topological polar surface area (TPSA) is 48.8 Å². The molecule has 2 atom stereocenters. The van der Waals surface area contributed by atoms with E-state index in [2.05, 4.69) is 185 Å². The molecule has 1 saturated carbocycles. The van der Waals surface area contributed by atoms with Crippen LogP contribution >= 0.6 is 0 Å². The monoisotopic (exact) mass is 766 g/mol. The Morgan fingerprint density at radius 2 is 1.23 bits per heavy atom. The Bertz CT molecular complexity index is 3870. The predicted octanol–water partition coefficient (Wildman–Crippen LogP) is 14.1. The molecule has 2 aliphatic carbocycles. The van der Waals surface area contributed by atoms with Crippen molar-refractivity contribution < 1.29 is 4.42 Å². The second-order valence-corrected chi connectivity index (χ2v) is 16.5. The van der Waals surface area contributed by atoms with E-state index >= 15 is 0 Å². The molecule has 8 aromatic carbocycles. The summed E-state index contributed by atoms with van der Waals surface area (Å²) in [5.74, 6) is 1.96. The highest BCUT2D eigenvalue weighted by Gasteiger charge is 2.39. The Morgan fingerprint density at radius 1 is 0.500 bits per heavy atom. The van der Waals surface area contributed by atoms with Gasteiger partial charge in [-0.1, -0.05) is 146 Å². The molecule has 14 rings (SSSR count). The van der Waals surface area contributed by atoms with Gasteiger partial charge < -0.3 is 8.98 Å². The highest BCUT2D eigenvalue weighted by Crippen LogP contribution is 2.51. The molecule has 0 radical (unpaired) electrons. The standard InChI is InChI=1S/C55H34N4O/c1-2-14-37-32(11-1)12-10-21-45(37)58-46-20-7-4-15-38(46)39-27-28-42-50-47(29-30-49-51(50)41-17-5-8-22-48(41)60-49)59(54(42)53(39)58)55-56-44-19-6-3-16-40(44)52(57-55)34-25-23-33(24-26-34)36-18-9-13-35-31-43(35)36/h1-30,35,43H,31H2. The van der Waals surface area contributed by atoms with E-state index in [-0.39, 0.29) is 0 Å². The molecule has 0 amide bonds. The maximum Gasteiger partial charge on any atom is 0.235 e. The van der Waals surface area contributed by atoms with E-state index in [1.54, 1.807) is 0 Å². The zero-order chi connectivity index (χ0) is 39.1. The maximum absolute atomic E-state index is 6.55. The Morgan fingerprint density at radius 3 is 2.15 bits per heavy atom. The Balaban J connectivity index is 1.14. The SMILES string of the molecule is C1=CC2CC2C(c2ccc(-c3nc(-n4c5ccc6oc7ccccc7c6c5c5ccc6c7ccccc7n(-c7cccc8ccccc78)c6c54)nc4ccccc34)cc2)=C1. The van der Waals surface area contributed by atoms with Crippen molar-refractivity contribution in [1.29, 1.82) is 0 Å². The summed E-state index contributed by atoms with van der Waals surface area (Å²) < 4.78 is 11.3. The number of rotatable bonds is 4. The fraction of sp³-hybridized carbons (Fsp3) is 0.0545. The van der Waals surface area contributed by atoms with Crippen LogP contribution in [0.4, 0.5) is 0 Å². The first-order valence-corrected chi connectivity index (χ1v) is 20.8. The lowest BCUT2D eigenvalue weighted by atomic mass is 9.95. The number of hydrogen-bond donors (Lipinski definition) is 0. The molecule has 0 bridgehead atoms. The minimum Gasteiger partial charge on any atom is -0.456 e. The van der Waals surface area contributed by atoms with Crippen LogP contribution in [-0.2, 0) is 0 Å². The number of allylic oxidation sites excluding steroid dienone is 4. The zero-order valence-electron chi connectivity index (χ0n) is 32.4. The smallest absolute Gasteiger partial charge is 0.235 e. The van der Waals surface area contributed by atoms with E-state index in [4.69, 9.17) is 14.4 Å². The summed E-state index contributed by atoms with van der Waals surface area (Å²) in [6.07, 6.45) is 8.11. The molecule has 5 heteroatoms. The van der Waals surface area contributed by atoms with E-state index in [9.17, 15) is 0 Å². The number of nitrogens with zero attached hydrogens (tertiary/aromatic N) is 4. The summed E-state index contributed by atoms with van der Waals surface area (Å²) in [7, 11) is 0. The zero-order valence-corrected chi connectivity index (χ0v) is 32.4. The summed E-state index contributed by atoms with van der Waals surface area (Å²) in [6.45, 7) is 0. The van der Waals surface area contributed by atoms with Gasteiger partial charge in [0.1, 0.15) is 11.2 Å². The number of benzene rings is 8. The molecule has 0 aliphatic heterocycles. The van der Waals surface area contributed by atoms with Gasteiger partial charge >= 0.3 is 0 Å². The van der Waals surface area contributed by atoms with Gasteiger partial charge in [0, 0.05) is 48.7 Å². The van der Waals surface area contributed by atoms with Crippen LogP contribution in [-0.4, -0.2) is 19.1 Å². The average molecular weight is 767 g/mol. The van der Waals surface area contributed by atoms with Crippen molar-refractivity contribution in [2.45, 2.75) is 6.42 Å². The molecule has 2 unspecified atom stereocenters. The van der Waals surface area contributed by atoms with Crippen molar-refractivity contribution in [2.24, 2.45) is 11.8 Å². The Labute approximate surface area is 343 Å². The lowest BCUT2D eigenvalue weighted by Crippen LogP contribution is -2.05. The van der Waals surface area contributed by atoms with Gasteiger partial charge in [-0.25, -0.2) is 9.97 Å². The molecule has 280 valence electrons.